The molecule has 2 fully saturated rings. The van der Waals surface area contributed by atoms with Gasteiger partial charge in [-0.15, -0.1) is 0 Å². The summed E-state index contributed by atoms with van der Waals surface area (Å²) >= 11 is 11.9. The molecule has 6 nitrogen and oxygen atoms in total. The first kappa shape index (κ1) is 16.6. The van der Waals surface area contributed by atoms with Crippen LogP contribution in [0.4, 0.5) is 5.95 Å². The molecule has 8 heteroatoms. The van der Waals surface area contributed by atoms with E-state index in [-0.39, 0.29) is 11.4 Å². The van der Waals surface area contributed by atoms with Gasteiger partial charge in [0, 0.05) is 25.5 Å². The van der Waals surface area contributed by atoms with Gasteiger partial charge in [-0.05, 0) is 24.1 Å². The zero-order valence-electron chi connectivity index (χ0n) is 13.3. The van der Waals surface area contributed by atoms with Crippen molar-refractivity contribution in [3.63, 3.8) is 0 Å². The van der Waals surface area contributed by atoms with Crippen molar-refractivity contribution < 1.29 is 9.53 Å². The SMILES string of the molecule is O=C(c1cnc(NCc2ccc(Cl)c(Cl)c2)nc1)N1CCC12COC2. The van der Waals surface area contributed by atoms with Crippen LogP contribution in [0.25, 0.3) is 0 Å². The van der Waals surface area contributed by atoms with Crippen molar-refractivity contribution in [1.29, 1.82) is 0 Å². The molecule has 0 aliphatic carbocycles. The summed E-state index contributed by atoms with van der Waals surface area (Å²) in [5.74, 6) is 0.415. The van der Waals surface area contributed by atoms with Gasteiger partial charge in [0.2, 0.25) is 5.95 Å². The lowest BCUT2D eigenvalue weighted by Crippen LogP contribution is -2.72. The van der Waals surface area contributed by atoms with E-state index in [0.717, 1.165) is 18.5 Å². The topological polar surface area (TPSA) is 67.4 Å². The molecular weight excluding hydrogens is 363 g/mol. The second kappa shape index (κ2) is 6.44. The van der Waals surface area contributed by atoms with Crippen LogP contribution in [0.3, 0.4) is 0 Å². The van der Waals surface area contributed by atoms with E-state index < -0.39 is 0 Å². The van der Waals surface area contributed by atoms with Crippen molar-refractivity contribution in [2.24, 2.45) is 0 Å². The third-order valence-corrected chi connectivity index (χ3v) is 5.43. The average molecular weight is 379 g/mol. The molecule has 25 heavy (non-hydrogen) atoms. The Bertz CT molecular complexity index is 803. The van der Waals surface area contributed by atoms with Crippen molar-refractivity contribution in [1.82, 2.24) is 14.9 Å². The summed E-state index contributed by atoms with van der Waals surface area (Å²) in [7, 11) is 0. The zero-order chi connectivity index (χ0) is 17.4. The molecule has 2 aliphatic heterocycles. The first-order valence-electron chi connectivity index (χ1n) is 7.97. The van der Waals surface area contributed by atoms with E-state index in [1.165, 1.54) is 0 Å². The van der Waals surface area contributed by atoms with Crippen molar-refractivity contribution >= 4 is 35.1 Å². The van der Waals surface area contributed by atoms with Crippen LogP contribution in [0.15, 0.2) is 30.6 Å². The molecule has 1 aromatic heterocycles. The first-order valence-corrected chi connectivity index (χ1v) is 8.73. The molecule has 2 aromatic rings. The second-order valence-corrected chi connectivity index (χ2v) is 7.14. The maximum atomic E-state index is 12.5. The van der Waals surface area contributed by atoms with Gasteiger partial charge >= 0.3 is 0 Å². The number of nitrogens with zero attached hydrogens (tertiary/aromatic N) is 3. The minimum Gasteiger partial charge on any atom is -0.376 e. The van der Waals surface area contributed by atoms with Crippen LogP contribution in [0.1, 0.15) is 22.3 Å². The number of anilines is 1. The van der Waals surface area contributed by atoms with Gasteiger partial charge in [0.25, 0.3) is 5.91 Å². The predicted octanol–water partition coefficient (Wildman–Crippen LogP) is 3.01. The summed E-state index contributed by atoms with van der Waals surface area (Å²) < 4.78 is 5.25. The van der Waals surface area contributed by atoms with Crippen LogP contribution in [0.5, 0.6) is 0 Å². The molecule has 0 saturated carbocycles. The highest BCUT2D eigenvalue weighted by molar-refractivity contribution is 6.42. The number of amides is 1. The lowest BCUT2D eigenvalue weighted by molar-refractivity contribution is -0.172. The van der Waals surface area contributed by atoms with E-state index >= 15 is 0 Å². The minimum absolute atomic E-state index is 0.0365. The highest BCUT2D eigenvalue weighted by atomic mass is 35.5. The monoisotopic (exact) mass is 378 g/mol. The number of ether oxygens (including phenoxy) is 1. The Balaban J connectivity index is 1.38. The highest BCUT2D eigenvalue weighted by Crippen LogP contribution is 2.38. The van der Waals surface area contributed by atoms with E-state index in [1.54, 1.807) is 24.5 Å². The number of benzene rings is 1. The number of hydrogen-bond donors (Lipinski definition) is 1. The minimum atomic E-state index is -0.0815. The van der Waals surface area contributed by atoms with Gasteiger partial charge in [0.05, 0.1) is 34.4 Å². The van der Waals surface area contributed by atoms with Gasteiger partial charge in [-0.3, -0.25) is 4.79 Å². The van der Waals surface area contributed by atoms with E-state index in [1.807, 2.05) is 11.0 Å². The van der Waals surface area contributed by atoms with Gasteiger partial charge in [-0.25, -0.2) is 9.97 Å². The summed E-state index contributed by atoms with van der Waals surface area (Å²) in [6.07, 6.45) is 4.11. The molecule has 1 spiro atoms. The van der Waals surface area contributed by atoms with Crippen molar-refractivity contribution in [3.8, 4) is 0 Å². The second-order valence-electron chi connectivity index (χ2n) is 6.32. The molecule has 1 N–H and O–H groups in total. The third-order valence-electron chi connectivity index (χ3n) is 4.69. The maximum Gasteiger partial charge on any atom is 0.257 e. The fraction of sp³-hybridized carbons (Fsp3) is 0.353. The number of rotatable bonds is 4. The largest absolute Gasteiger partial charge is 0.376 e. The van der Waals surface area contributed by atoms with Crippen LogP contribution >= 0.6 is 23.2 Å². The number of halogens is 2. The number of aromatic nitrogens is 2. The van der Waals surface area contributed by atoms with Crippen LogP contribution in [0.2, 0.25) is 10.0 Å². The molecule has 3 heterocycles. The third kappa shape index (κ3) is 3.05. The summed E-state index contributed by atoms with van der Waals surface area (Å²) in [5, 5.41) is 4.13. The molecule has 1 amide bonds. The molecule has 1 aromatic carbocycles. The van der Waals surface area contributed by atoms with Crippen LogP contribution in [0, 0.1) is 0 Å². The average Bonchev–Trinajstić information content (AvgIpc) is 2.54. The normalized spacial score (nSPS) is 17.8. The van der Waals surface area contributed by atoms with Crippen LogP contribution < -0.4 is 5.32 Å². The van der Waals surface area contributed by atoms with Gasteiger partial charge in [-0.1, -0.05) is 29.3 Å². The van der Waals surface area contributed by atoms with Crippen LogP contribution in [-0.4, -0.2) is 46.1 Å². The Morgan fingerprint density at radius 2 is 2.00 bits per heavy atom. The lowest BCUT2D eigenvalue weighted by Gasteiger charge is -2.57. The van der Waals surface area contributed by atoms with E-state index in [0.29, 0.717) is 41.3 Å². The Kier molecular flexibility index (Phi) is 4.27. The highest BCUT2D eigenvalue weighted by Gasteiger charge is 2.53. The number of hydrogen-bond acceptors (Lipinski definition) is 5. The molecule has 0 unspecified atom stereocenters. The number of likely N-dealkylation sites (tertiary alicyclic amines) is 1. The van der Waals surface area contributed by atoms with Gasteiger partial charge < -0.3 is 15.0 Å². The molecule has 0 radical (unpaired) electrons. The van der Waals surface area contributed by atoms with Crippen molar-refractivity contribution in [3.05, 3.63) is 51.8 Å². The van der Waals surface area contributed by atoms with E-state index in [9.17, 15) is 4.79 Å². The van der Waals surface area contributed by atoms with Gasteiger partial charge in [0.15, 0.2) is 0 Å². The maximum absolute atomic E-state index is 12.5. The first-order chi connectivity index (χ1) is 12.1. The Hall–Kier alpha value is -1.89. The van der Waals surface area contributed by atoms with Crippen molar-refractivity contribution in [2.75, 3.05) is 25.1 Å². The van der Waals surface area contributed by atoms with E-state index in [2.05, 4.69) is 15.3 Å². The smallest absolute Gasteiger partial charge is 0.257 e. The fourth-order valence-electron chi connectivity index (χ4n) is 3.01. The Labute approximate surface area is 155 Å². The number of nitrogens with one attached hydrogen (secondary N) is 1. The molecule has 0 bridgehead atoms. The Morgan fingerprint density at radius 3 is 2.56 bits per heavy atom. The lowest BCUT2D eigenvalue weighted by atomic mass is 9.82. The molecule has 2 saturated heterocycles. The predicted molar refractivity (Wildman–Crippen MR) is 95.0 cm³/mol. The molecule has 4 rings (SSSR count). The van der Waals surface area contributed by atoms with Gasteiger partial charge in [0.1, 0.15) is 0 Å². The zero-order valence-corrected chi connectivity index (χ0v) is 14.8. The summed E-state index contributed by atoms with van der Waals surface area (Å²) in [4.78, 5) is 22.9. The van der Waals surface area contributed by atoms with E-state index in [4.69, 9.17) is 27.9 Å². The molecule has 0 atom stereocenters. The van der Waals surface area contributed by atoms with Crippen LogP contribution in [-0.2, 0) is 11.3 Å². The molecule has 130 valence electrons. The quantitative estimate of drug-likeness (QED) is 0.885. The number of carbonyl (C=O) groups excluding carboxylic acids is 1. The molecule has 2 aliphatic rings. The van der Waals surface area contributed by atoms with Crippen molar-refractivity contribution in [2.45, 2.75) is 18.5 Å². The Morgan fingerprint density at radius 1 is 1.24 bits per heavy atom. The summed E-state index contributed by atoms with van der Waals surface area (Å²) in [6.45, 7) is 2.53. The number of carbonyl (C=O) groups is 1. The summed E-state index contributed by atoms with van der Waals surface area (Å²) in [6, 6.07) is 5.42. The standard InChI is InChI=1S/C17H16Cl2N4O2/c18-13-2-1-11(5-14(13)19)6-20-16-21-7-12(8-22-16)15(24)23-4-3-17(23)9-25-10-17/h1-2,5,7-8H,3-4,6,9-10H2,(H,20,21,22). The molecular formula is C17H16Cl2N4O2. The fourth-order valence-corrected chi connectivity index (χ4v) is 3.33. The van der Waals surface area contributed by atoms with Gasteiger partial charge in [-0.2, -0.15) is 0 Å². The summed E-state index contributed by atoms with van der Waals surface area (Å²) in [5.41, 5.74) is 1.37.